The van der Waals surface area contributed by atoms with Crippen LogP contribution in [0.4, 0.5) is 5.69 Å². The number of halogens is 2. The Hall–Kier alpha value is -1.95. The van der Waals surface area contributed by atoms with E-state index in [1.54, 1.807) is 12.1 Å². The van der Waals surface area contributed by atoms with Crippen LogP contribution < -0.4 is 5.32 Å². The number of ketones is 1. The first-order valence-corrected chi connectivity index (χ1v) is 7.14. The molecule has 0 fully saturated rings. The highest BCUT2D eigenvalue weighted by Crippen LogP contribution is 2.46. The SMILES string of the molecule is O=C(C[C@]1(O)C(=O)Nc2c(Cl)ccc(Cl)c21)c1cccnc1. The molecule has 1 aromatic heterocycles. The van der Waals surface area contributed by atoms with Crippen molar-refractivity contribution in [1.82, 2.24) is 4.98 Å². The van der Waals surface area contributed by atoms with Gasteiger partial charge in [-0.3, -0.25) is 14.6 Å². The predicted molar refractivity (Wildman–Crippen MR) is 82.2 cm³/mol. The van der Waals surface area contributed by atoms with E-state index in [2.05, 4.69) is 10.3 Å². The topological polar surface area (TPSA) is 79.3 Å². The lowest BCUT2D eigenvalue weighted by Gasteiger charge is -2.21. The third kappa shape index (κ3) is 2.27. The standard InChI is InChI=1S/C15H10Cl2N2O3/c16-9-3-4-10(17)13-12(9)15(22,14(21)19-13)6-11(20)8-2-1-5-18-7-8/h1-5,7,22H,6H2,(H,19,21)/t15-/m1/s1. The van der Waals surface area contributed by atoms with E-state index in [-0.39, 0.29) is 21.3 Å². The van der Waals surface area contributed by atoms with Crippen molar-refractivity contribution in [3.05, 3.63) is 57.8 Å². The van der Waals surface area contributed by atoms with Crippen LogP contribution in [0.15, 0.2) is 36.7 Å². The highest BCUT2D eigenvalue weighted by atomic mass is 35.5. The van der Waals surface area contributed by atoms with Crippen molar-refractivity contribution in [1.29, 1.82) is 0 Å². The molecule has 0 saturated carbocycles. The van der Waals surface area contributed by atoms with Gasteiger partial charge in [0.05, 0.1) is 17.1 Å². The minimum absolute atomic E-state index is 0.129. The fraction of sp³-hybridized carbons (Fsp3) is 0.133. The van der Waals surface area contributed by atoms with Gasteiger partial charge in [0.15, 0.2) is 11.4 Å². The summed E-state index contributed by atoms with van der Waals surface area (Å²) < 4.78 is 0. The van der Waals surface area contributed by atoms with Gasteiger partial charge in [0.25, 0.3) is 5.91 Å². The normalized spacial score (nSPS) is 19.7. The summed E-state index contributed by atoms with van der Waals surface area (Å²) in [5.41, 5.74) is -1.38. The number of carbonyl (C=O) groups is 2. The number of hydrogen-bond donors (Lipinski definition) is 2. The van der Waals surface area contributed by atoms with Crippen LogP contribution in [0.3, 0.4) is 0 Å². The van der Waals surface area contributed by atoms with Gasteiger partial charge in [0.1, 0.15) is 0 Å². The van der Waals surface area contributed by atoms with Crippen LogP contribution in [-0.2, 0) is 10.4 Å². The van der Waals surface area contributed by atoms with Crippen LogP contribution in [0.2, 0.25) is 10.0 Å². The van der Waals surface area contributed by atoms with E-state index in [4.69, 9.17) is 23.2 Å². The fourth-order valence-electron chi connectivity index (χ4n) is 2.44. The number of nitrogens with one attached hydrogen (secondary N) is 1. The number of pyridine rings is 1. The Morgan fingerprint density at radius 2 is 2.00 bits per heavy atom. The summed E-state index contributed by atoms with van der Waals surface area (Å²) in [6.45, 7) is 0. The van der Waals surface area contributed by atoms with Crippen LogP contribution in [0.5, 0.6) is 0 Å². The molecule has 1 amide bonds. The summed E-state index contributed by atoms with van der Waals surface area (Å²) in [6.07, 6.45) is 2.45. The minimum Gasteiger partial charge on any atom is -0.375 e. The van der Waals surface area contributed by atoms with Crippen molar-refractivity contribution in [2.45, 2.75) is 12.0 Å². The smallest absolute Gasteiger partial charge is 0.261 e. The number of rotatable bonds is 3. The zero-order valence-electron chi connectivity index (χ0n) is 11.1. The van der Waals surface area contributed by atoms with Crippen molar-refractivity contribution in [3.63, 3.8) is 0 Å². The molecule has 2 aromatic rings. The Morgan fingerprint density at radius 3 is 2.68 bits per heavy atom. The molecule has 1 aliphatic rings. The van der Waals surface area contributed by atoms with Crippen molar-refractivity contribution in [2.75, 3.05) is 5.32 Å². The average molecular weight is 337 g/mol. The molecule has 2 heterocycles. The maximum atomic E-state index is 12.3. The highest BCUT2D eigenvalue weighted by molar-refractivity contribution is 6.38. The summed E-state index contributed by atoms with van der Waals surface area (Å²) in [4.78, 5) is 28.3. The van der Waals surface area contributed by atoms with Gasteiger partial charge in [-0.05, 0) is 24.3 Å². The van der Waals surface area contributed by atoms with E-state index >= 15 is 0 Å². The summed E-state index contributed by atoms with van der Waals surface area (Å²) in [5, 5.41) is 13.6. The molecule has 2 N–H and O–H groups in total. The maximum Gasteiger partial charge on any atom is 0.261 e. The number of amides is 1. The van der Waals surface area contributed by atoms with Gasteiger partial charge in [-0.15, -0.1) is 0 Å². The number of fused-ring (bicyclic) bond motifs is 1. The quantitative estimate of drug-likeness (QED) is 0.844. The van der Waals surface area contributed by atoms with Crippen LogP contribution in [-0.4, -0.2) is 21.8 Å². The van der Waals surface area contributed by atoms with Crippen molar-refractivity contribution < 1.29 is 14.7 Å². The number of aliphatic hydroxyl groups is 1. The molecule has 7 heteroatoms. The lowest BCUT2D eigenvalue weighted by molar-refractivity contribution is -0.133. The molecular weight excluding hydrogens is 327 g/mol. The molecule has 0 saturated heterocycles. The van der Waals surface area contributed by atoms with E-state index in [0.717, 1.165) is 0 Å². The molecule has 0 spiro atoms. The summed E-state index contributed by atoms with van der Waals surface area (Å²) in [7, 11) is 0. The Labute approximate surface area is 135 Å². The lowest BCUT2D eigenvalue weighted by Crippen LogP contribution is -2.36. The molecule has 3 rings (SSSR count). The second-order valence-corrected chi connectivity index (χ2v) is 5.75. The molecule has 0 aliphatic carbocycles. The van der Waals surface area contributed by atoms with Crippen molar-refractivity contribution >= 4 is 40.6 Å². The summed E-state index contributed by atoms with van der Waals surface area (Å²) >= 11 is 12.1. The van der Waals surface area contributed by atoms with Gasteiger partial charge in [-0.1, -0.05) is 23.2 Å². The number of hydrogen-bond acceptors (Lipinski definition) is 4. The molecule has 5 nitrogen and oxygen atoms in total. The maximum absolute atomic E-state index is 12.3. The van der Waals surface area contributed by atoms with E-state index in [1.165, 1.54) is 24.5 Å². The van der Waals surface area contributed by atoms with E-state index in [1.807, 2.05) is 0 Å². The average Bonchev–Trinajstić information content (AvgIpc) is 2.77. The fourth-order valence-corrected chi connectivity index (χ4v) is 2.96. The first-order chi connectivity index (χ1) is 10.4. The minimum atomic E-state index is -2.05. The highest BCUT2D eigenvalue weighted by Gasteiger charge is 2.49. The molecule has 1 aliphatic heterocycles. The molecule has 22 heavy (non-hydrogen) atoms. The molecule has 0 unspecified atom stereocenters. The first kappa shape index (κ1) is 15.0. The number of benzene rings is 1. The van der Waals surface area contributed by atoms with Crippen LogP contribution >= 0.6 is 23.2 Å². The summed E-state index contributed by atoms with van der Waals surface area (Å²) in [6, 6.07) is 6.15. The Morgan fingerprint density at radius 1 is 1.27 bits per heavy atom. The second-order valence-electron chi connectivity index (χ2n) is 4.94. The monoisotopic (exact) mass is 336 g/mol. The van der Waals surface area contributed by atoms with E-state index < -0.39 is 23.7 Å². The van der Waals surface area contributed by atoms with Crippen molar-refractivity contribution in [3.8, 4) is 0 Å². The number of anilines is 1. The van der Waals surface area contributed by atoms with Gasteiger partial charge < -0.3 is 10.4 Å². The van der Waals surface area contributed by atoms with Crippen LogP contribution in [0.1, 0.15) is 22.3 Å². The number of carbonyl (C=O) groups excluding carboxylic acids is 2. The van der Waals surface area contributed by atoms with Gasteiger partial charge in [-0.25, -0.2) is 0 Å². The zero-order chi connectivity index (χ0) is 15.9. The van der Waals surface area contributed by atoms with Gasteiger partial charge in [-0.2, -0.15) is 0 Å². The van der Waals surface area contributed by atoms with Gasteiger partial charge in [0, 0.05) is 28.5 Å². The third-order valence-electron chi connectivity index (χ3n) is 3.53. The largest absolute Gasteiger partial charge is 0.375 e. The van der Waals surface area contributed by atoms with Gasteiger partial charge >= 0.3 is 0 Å². The second kappa shape index (κ2) is 5.35. The number of nitrogens with zero attached hydrogens (tertiary/aromatic N) is 1. The molecule has 1 aromatic carbocycles. The third-order valence-corrected chi connectivity index (χ3v) is 4.16. The lowest BCUT2D eigenvalue weighted by atomic mass is 9.88. The first-order valence-electron chi connectivity index (χ1n) is 6.39. The summed E-state index contributed by atoms with van der Waals surface area (Å²) in [5.74, 6) is -1.15. The van der Waals surface area contributed by atoms with Crippen molar-refractivity contribution in [2.24, 2.45) is 0 Å². The van der Waals surface area contributed by atoms with Gasteiger partial charge in [0.2, 0.25) is 0 Å². The number of Topliss-reactive ketones (excluding diaryl/α,β-unsaturated/α-hetero) is 1. The molecule has 1 atom stereocenters. The molecular formula is C15H10Cl2N2O3. The van der Waals surface area contributed by atoms with Crippen LogP contribution in [0.25, 0.3) is 0 Å². The van der Waals surface area contributed by atoms with E-state index in [9.17, 15) is 14.7 Å². The zero-order valence-corrected chi connectivity index (χ0v) is 12.6. The molecule has 0 bridgehead atoms. The Bertz CT molecular complexity index is 780. The van der Waals surface area contributed by atoms with E-state index in [0.29, 0.717) is 5.56 Å². The molecule has 112 valence electrons. The van der Waals surface area contributed by atoms with Crippen LogP contribution in [0, 0.1) is 0 Å². The molecule has 0 radical (unpaired) electrons. The number of aromatic nitrogens is 1. The Balaban J connectivity index is 2.03. The predicted octanol–water partition coefficient (Wildman–Crippen LogP) is 2.80. The Kier molecular flexibility index (Phi) is 3.64.